The van der Waals surface area contributed by atoms with Crippen molar-refractivity contribution < 1.29 is 29.2 Å². The van der Waals surface area contributed by atoms with E-state index in [2.05, 4.69) is 5.32 Å². The zero-order valence-corrected chi connectivity index (χ0v) is 16.5. The van der Waals surface area contributed by atoms with Crippen molar-refractivity contribution >= 4 is 28.9 Å². The Balaban J connectivity index is 1.50. The number of morpholine rings is 1. The highest BCUT2D eigenvalue weighted by molar-refractivity contribution is 7.80. The largest absolute Gasteiger partial charge is 0.454 e. The average Bonchev–Trinajstić information content (AvgIpc) is 3.34. The smallest absolute Gasteiger partial charge is 0.231 e. The van der Waals surface area contributed by atoms with Gasteiger partial charge >= 0.3 is 0 Å². The molecule has 3 aliphatic heterocycles. The van der Waals surface area contributed by atoms with E-state index in [4.69, 9.17) is 26.4 Å². The average molecular weight is 421 g/mol. The lowest BCUT2D eigenvalue weighted by Gasteiger charge is -2.43. The van der Waals surface area contributed by atoms with Crippen molar-refractivity contribution in [3.05, 3.63) is 18.2 Å². The molecule has 3 fully saturated rings. The molecule has 1 aromatic rings. The first kappa shape index (κ1) is 18.9. The number of amides is 1. The van der Waals surface area contributed by atoms with E-state index in [1.165, 1.54) is 0 Å². The Kier molecular flexibility index (Phi) is 4.73. The molecule has 10 heteroatoms. The predicted molar refractivity (Wildman–Crippen MR) is 106 cm³/mol. The molecule has 1 amide bonds. The molecule has 9 nitrogen and oxygen atoms in total. The van der Waals surface area contributed by atoms with Crippen LogP contribution in [-0.4, -0.2) is 83.5 Å². The zero-order valence-electron chi connectivity index (χ0n) is 15.7. The molecule has 29 heavy (non-hydrogen) atoms. The molecule has 3 N–H and O–H groups in total. The second kappa shape index (κ2) is 7.28. The molecule has 4 aliphatic rings. The standard InChI is InChI=1S/C19H23N3O6S/c23-12-8-11(18(25)21-3-5-26-6-4-21)16-15(17(12)24)20-19(29)22(16)10-1-2-13-14(7-10)28-9-27-13/h1-2,7,11-12,15-17,23-24H,3-6,8-9H2,(H,20,29)/t11-,12-,15-,16-,17+/m1/s1. The Morgan fingerprint density at radius 3 is 2.72 bits per heavy atom. The number of benzene rings is 1. The number of carbonyl (C=O) groups excluding carboxylic acids is 1. The normalized spacial score (nSPS) is 33.4. The highest BCUT2D eigenvalue weighted by atomic mass is 32.1. The number of aliphatic hydroxyl groups is 2. The van der Waals surface area contributed by atoms with Gasteiger partial charge in [0, 0.05) is 24.8 Å². The number of rotatable bonds is 2. The van der Waals surface area contributed by atoms with E-state index in [1.54, 1.807) is 11.0 Å². The minimum atomic E-state index is -1.02. The predicted octanol–water partition coefficient (Wildman–Crippen LogP) is -0.552. The number of anilines is 1. The summed E-state index contributed by atoms with van der Waals surface area (Å²) < 4.78 is 16.2. The third-order valence-electron chi connectivity index (χ3n) is 6.12. The van der Waals surface area contributed by atoms with Gasteiger partial charge in [0.2, 0.25) is 12.7 Å². The summed E-state index contributed by atoms with van der Waals surface area (Å²) in [5.74, 6) is 0.700. The second-order valence-electron chi connectivity index (χ2n) is 7.71. The van der Waals surface area contributed by atoms with Gasteiger partial charge in [0.25, 0.3) is 0 Å². The van der Waals surface area contributed by atoms with Crippen LogP contribution < -0.4 is 19.7 Å². The summed E-state index contributed by atoms with van der Waals surface area (Å²) in [5.41, 5.74) is 0.752. The van der Waals surface area contributed by atoms with Crippen LogP contribution in [0, 0.1) is 5.92 Å². The lowest BCUT2D eigenvalue weighted by atomic mass is 9.77. The summed E-state index contributed by atoms with van der Waals surface area (Å²) in [5, 5.41) is 24.6. The van der Waals surface area contributed by atoms with Crippen molar-refractivity contribution in [3.63, 3.8) is 0 Å². The Morgan fingerprint density at radius 1 is 1.17 bits per heavy atom. The third-order valence-corrected chi connectivity index (χ3v) is 6.43. The number of nitrogens with one attached hydrogen (secondary N) is 1. The van der Waals surface area contributed by atoms with Crippen LogP contribution in [0.15, 0.2) is 18.2 Å². The minimum Gasteiger partial charge on any atom is -0.454 e. The maximum Gasteiger partial charge on any atom is 0.231 e. The Morgan fingerprint density at radius 2 is 1.93 bits per heavy atom. The molecule has 1 saturated carbocycles. The number of thiocarbonyl (C=S) groups is 1. The molecule has 0 aromatic heterocycles. The van der Waals surface area contributed by atoms with Gasteiger partial charge in [-0.05, 0) is 30.8 Å². The molecule has 0 spiro atoms. The highest BCUT2D eigenvalue weighted by Crippen LogP contribution is 2.41. The number of fused-ring (bicyclic) bond motifs is 2. The molecule has 156 valence electrons. The number of hydrogen-bond donors (Lipinski definition) is 3. The van der Waals surface area contributed by atoms with Crippen LogP contribution in [-0.2, 0) is 9.53 Å². The molecular formula is C19H23N3O6S. The van der Waals surface area contributed by atoms with Crippen LogP contribution in [0.25, 0.3) is 0 Å². The highest BCUT2D eigenvalue weighted by Gasteiger charge is 2.54. The Hall–Kier alpha value is -2.14. The summed E-state index contributed by atoms with van der Waals surface area (Å²) >= 11 is 5.56. The monoisotopic (exact) mass is 421 g/mol. The molecule has 1 aliphatic carbocycles. The first-order valence-corrected chi connectivity index (χ1v) is 10.2. The summed E-state index contributed by atoms with van der Waals surface area (Å²) in [6.45, 7) is 2.21. The van der Waals surface area contributed by atoms with Crippen LogP contribution in [0.2, 0.25) is 0 Å². The maximum atomic E-state index is 13.4. The van der Waals surface area contributed by atoms with Gasteiger partial charge in [0.15, 0.2) is 16.6 Å². The third kappa shape index (κ3) is 3.10. The lowest BCUT2D eigenvalue weighted by Crippen LogP contribution is -2.61. The molecule has 1 aromatic carbocycles. The molecule has 2 saturated heterocycles. The van der Waals surface area contributed by atoms with Crippen LogP contribution in [0.1, 0.15) is 6.42 Å². The van der Waals surface area contributed by atoms with Gasteiger partial charge in [-0.15, -0.1) is 0 Å². The quantitative estimate of drug-likeness (QED) is 0.543. The first-order chi connectivity index (χ1) is 14.0. The summed E-state index contributed by atoms with van der Waals surface area (Å²) in [4.78, 5) is 17.0. The fourth-order valence-corrected chi connectivity index (χ4v) is 5.04. The van der Waals surface area contributed by atoms with Crippen molar-refractivity contribution in [1.29, 1.82) is 0 Å². The van der Waals surface area contributed by atoms with E-state index in [0.717, 1.165) is 5.69 Å². The number of hydrogen-bond acceptors (Lipinski definition) is 7. The Labute approximate surface area is 173 Å². The molecule has 0 bridgehead atoms. The van der Waals surface area contributed by atoms with Crippen LogP contribution in [0.3, 0.4) is 0 Å². The van der Waals surface area contributed by atoms with E-state index in [-0.39, 0.29) is 19.1 Å². The molecule has 5 atom stereocenters. The molecular weight excluding hydrogens is 398 g/mol. The second-order valence-corrected chi connectivity index (χ2v) is 8.10. The minimum absolute atomic E-state index is 0.0495. The van der Waals surface area contributed by atoms with Crippen molar-refractivity contribution in [2.24, 2.45) is 5.92 Å². The summed E-state index contributed by atoms with van der Waals surface area (Å²) in [6.07, 6.45) is -1.85. The topological polar surface area (TPSA) is 104 Å². The van der Waals surface area contributed by atoms with Crippen molar-refractivity contribution in [1.82, 2.24) is 10.2 Å². The van der Waals surface area contributed by atoms with Crippen LogP contribution >= 0.6 is 12.2 Å². The van der Waals surface area contributed by atoms with E-state index < -0.39 is 30.2 Å². The van der Waals surface area contributed by atoms with E-state index in [1.807, 2.05) is 17.0 Å². The molecule has 0 unspecified atom stereocenters. The van der Waals surface area contributed by atoms with Crippen LogP contribution in [0.5, 0.6) is 11.5 Å². The van der Waals surface area contributed by atoms with Crippen molar-refractivity contribution in [2.75, 3.05) is 38.0 Å². The number of ether oxygens (including phenoxy) is 3. The lowest BCUT2D eigenvalue weighted by molar-refractivity contribution is -0.145. The van der Waals surface area contributed by atoms with E-state index in [9.17, 15) is 15.0 Å². The number of carbonyl (C=O) groups is 1. The van der Waals surface area contributed by atoms with Crippen LogP contribution in [0.4, 0.5) is 5.69 Å². The first-order valence-electron chi connectivity index (χ1n) is 9.76. The van der Waals surface area contributed by atoms with Gasteiger partial charge in [-0.25, -0.2) is 0 Å². The van der Waals surface area contributed by atoms with Crippen molar-refractivity contribution in [3.8, 4) is 11.5 Å². The Bertz CT molecular complexity index is 832. The van der Waals surface area contributed by atoms with E-state index in [0.29, 0.717) is 42.9 Å². The zero-order chi connectivity index (χ0) is 20.1. The summed E-state index contributed by atoms with van der Waals surface area (Å²) in [7, 11) is 0. The molecule has 5 rings (SSSR count). The summed E-state index contributed by atoms with van der Waals surface area (Å²) in [6, 6.07) is 4.52. The fourth-order valence-electron chi connectivity index (χ4n) is 4.68. The number of nitrogens with zero attached hydrogens (tertiary/aromatic N) is 2. The van der Waals surface area contributed by atoms with Gasteiger partial charge in [-0.2, -0.15) is 0 Å². The van der Waals surface area contributed by atoms with Gasteiger partial charge < -0.3 is 39.5 Å². The molecule has 0 radical (unpaired) electrons. The molecule has 3 heterocycles. The van der Waals surface area contributed by atoms with Gasteiger partial charge in [-0.3, -0.25) is 4.79 Å². The van der Waals surface area contributed by atoms with E-state index >= 15 is 0 Å². The van der Waals surface area contributed by atoms with Gasteiger partial charge in [0.05, 0.1) is 37.3 Å². The SMILES string of the molecule is O=C([C@@H]1C[C@@H](O)[C@H](O)[C@@H]2NC(=S)N(c3ccc4c(c3)OCO4)[C@@H]21)N1CCOCC1. The fraction of sp³-hybridized carbons (Fsp3) is 0.579. The van der Waals surface area contributed by atoms with Gasteiger partial charge in [0.1, 0.15) is 6.10 Å². The van der Waals surface area contributed by atoms with Gasteiger partial charge in [-0.1, -0.05) is 0 Å². The number of aliphatic hydroxyl groups excluding tert-OH is 2. The van der Waals surface area contributed by atoms with Crippen molar-refractivity contribution in [2.45, 2.75) is 30.7 Å². The maximum absolute atomic E-state index is 13.4.